The number of hydrogen-bond donors (Lipinski definition) is 0. The van der Waals surface area contributed by atoms with Crippen LogP contribution in [0.4, 0.5) is 0 Å². The Hall–Kier alpha value is 0.300. The maximum absolute atomic E-state index is 9.70. The highest BCUT2D eigenvalue weighted by Gasteiger charge is 2.23. The van der Waals surface area contributed by atoms with Crippen LogP contribution in [0.15, 0.2) is 0 Å². The molecule has 11 heavy (non-hydrogen) atoms. The average Bonchev–Trinajstić information content (AvgIpc) is 1.82. The van der Waals surface area contributed by atoms with Crippen LogP contribution >= 0.6 is 0 Å². The molecule has 0 bridgehead atoms. The number of rotatable bonds is 5. The summed E-state index contributed by atoms with van der Waals surface area (Å²) in [4.78, 5) is 3.86. The van der Waals surface area contributed by atoms with Gasteiger partial charge in [-0.3, -0.25) is 0 Å². The Labute approximate surface area is 67.8 Å². The van der Waals surface area contributed by atoms with Crippen molar-refractivity contribution in [1.82, 2.24) is 0 Å². The highest BCUT2D eigenvalue weighted by molar-refractivity contribution is 4.10. The van der Waals surface area contributed by atoms with E-state index in [4.69, 9.17) is 0 Å². The Bertz CT molecular complexity index is 96.4. The Morgan fingerprint density at radius 1 is 1.09 bits per heavy atom. The summed E-state index contributed by atoms with van der Waals surface area (Å²) < 4.78 is 45.9. The Kier molecular flexibility index (Phi) is 6.05. The van der Waals surface area contributed by atoms with E-state index in [1.165, 1.54) is 0 Å². The third-order valence-corrected chi connectivity index (χ3v) is 0.994. The molecule has 0 rings (SSSR count). The minimum absolute atomic E-state index is 1.13. The van der Waals surface area contributed by atoms with Crippen molar-refractivity contribution in [3.8, 4) is 0 Å². The van der Waals surface area contributed by atoms with Crippen LogP contribution in [0, 0.1) is 21.6 Å². The van der Waals surface area contributed by atoms with Gasteiger partial charge in [0.15, 0.2) is 0 Å². The second-order valence-electron chi connectivity index (χ2n) is 1.19. The summed E-state index contributed by atoms with van der Waals surface area (Å²) in [6.07, 6.45) is -1.33. The second kappa shape index (κ2) is 5.89. The maximum atomic E-state index is 9.70. The van der Waals surface area contributed by atoms with Gasteiger partial charge in [0.05, 0.1) is 4.29 Å². The number of hydrogen-bond acceptors (Lipinski definition) is 7. The first-order valence-corrected chi connectivity index (χ1v) is 3.99. The molecule has 0 radical (unpaired) electrons. The normalized spacial score (nSPS) is 14.5. The van der Waals surface area contributed by atoms with Gasteiger partial charge in [0.1, 0.15) is 0 Å². The predicted octanol–water partition coefficient (Wildman–Crippen LogP) is -4.53. The van der Waals surface area contributed by atoms with Crippen LogP contribution < -0.4 is 18.6 Å². The molecule has 1 atom stereocenters. The molecular formula is C2H4Cl2O7. The average molecular weight is 211 g/mol. The molecule has 0 N–H and O–H groups in total. The van der Waals surface area contributed by atoms with Crippen molar-refractivity contribution in [1.29, 1.82) is 0 Å². The van der Waals surface area contributed by atoms with Gasteiger partial charge in [-0.05, 0) is 0 Å². The van der Waals surface area contributed by atoms with Crippen LogP contribution in [0.3, 0.4) is 0 Å². The maximum Gasteiger partial charge on any atom is 0.328 e. The molecule has 9 heteroatoms. The van der Waals surface area contributed by atoms with Crippen molar-refractivity contribution in [2.24, 2.45) is 0 Å². The highest BCUT2D eigenvalue weighted by Crippen LogP contribution is 1.96. The van der Waals surface area contributed by atoms with E-state index in [0.717, 1.165) is 6.92 Å². The summed E-state index contributed by atoms with van der Waals surface area (Å²) in [5, 5.41) is 0. The van der Waals surface area contributed by atoms with E-state index in [-0.39, 0.29) is 0 Å². The van der Waals surface area contributed by atoms with Crippen molar-refractivity contribution in [3.63, 3.8) is 0 Å². The van der Waals surface area contributed by atoms with Gasteiger partial charge in [-0.25, -0.2) is 0 Å². The third kappa shape index (κ3) is 8.20. The van der Waals surface area contributed by atoms with Crippen LogP contribution in [0.1, 0.15) is 6.92 Å². The zero-order chi connectivity index (χ0) is 8.85. The minimum atomic E-state index is -2.55. The van der Waals surface area contributed by atoms with Gasteiger partial charge in [-0.15, -0.1) is 0 Å². The van der Waals surface area contributed by atoms with Crippen molar-refractivity contribution in [2.45, 2.75) is 13.2 Å². The Morgan fingerprint density at radius 2 is 1.64 bits per heavy atom. The summed E-state index contributed by atoms with van der Waals surface area (Å²) in [7, 11) is -5.01. The second-order valence-corrected chi connectivity index (χ2v) is 2.25. The topological polar surface area (TPSA) is 120 Å². The first-order valence-electron chi connectivity index (χ1n) is 2.14. The van der Waals surface area contributed by atoms with Crippen molar-refractivity contribution in [3.05, 3.63) is 0 Å². The molecule has 0 aromatic heterocycles. The van der Waals surface area contributed by atoms with E-state index < -0.39 is 27.9 Å². The van der Waals surface area contributed by atoms with Crippen LogP contribution in [-0.2, 0) is 13.6 Å². The lowest BCUT2D eigenvalue weighted by molar-refractivity contribution is -1.65. The van der Waals surface area contributed by atoms with Gasteiger partial charge in [-0.1, -0.05) is 4.89 Å². The number of halogens is 2. The van der Waals surface area contributed by atoms with Gasteiger partial charge in [-0.2, -0.15) is 0 Å². The smallest absolute Gasteiger partial charge is 0.320 e. The van der Waals surface area contributed by atoms with E-state index in [0.29, 0.717) is 0 Å². The van der Waals surface area contributed by atoms with Gasteiger partial charge < -0.3 is 18.6 Å². The molecule has 0 aromatic rings. The standard InChI is InChI=1S/C2H4Cl2O7/c1-2(9-3(5)6)10-11-4(7)8/h2H,1H3. The fourth-order valence-corrected chi connectivity index (χ4v) is 0.595. The van der Waals surface area contributed by atoms with Crippen LogP contribution in [-0.4, -0.2) is 6.29 Å². The molecule has 7 nitrogen and oxygen atoms in total. The lowest BCUT2D eigenvalue weighted by atomic mass is 10.8. The molecule has 68 valence electrons. The van der Waals surface area contributed by atoms with Gasteiger partial charge in [0, 0.05) is 6.92 Å². The van der Waals surface area contributed by atoms with Crippen LogP contribution in [0.2, 0.25) is 0 Å². The van der Waals surface area contributed by atoms with Crippen molar-refractivity contribution < 1.29 is 53.8 Å². The van der Waals surface area contributed by atoms with E-state index in [1.807, 2.05) is 0 Å². The fourth-order valence-electron chi connectivity index (χ4n) is 0.198. The lowest BCUT2D eigenvalue weighted by Crippen LogP contribution is -2.39. The molecule has 0 saturated carbocycles. The molecular weight excluding hydrogens is 207 g/mol. The van der Waals surface area contributed by atoms with E-state index in [2.05, 4.69) is 13.6 Å². The summed E-state index contributed by atoms with van der Waals surface area (Å²) in [6.45, 7) is 1.13. The molecule has 0 aliphatic carbocycles. The Morgan fingerprint density at radius 3 is 2.00 bits per heavy atom. The molecule has 0 aromatic carbocycles. The first-order chi connectivity index (χ1) is 5.02. The van der Waals surface area contributed by atoms with E-state index in [9.17, 15) is 18.6 Å². The van der Waals surface area contributed by atoms with E-state index in [1.54, 1.807) is 0 Å². The van der Waals surface area contributed by atoms with E-state index >= 15 is 0 Å². The predicted molar refractivity (Wildman–Crippen MR) is 12.7 cm³/mol. The van der Waals surface area contributed by atoms with Gasteiger partial charge in [0.2, 0.25) is 4.44 Å². The molecule has 0 amide bonds. The van der Waals surface area contributed by atoms with Crippen LogP contribution in [0.25, 0.3) is 0 Å². The SMILES string of the molecule is CC(OO[Cl+2]([O-])[O-])O[Cl+2]([O-])[O-]. The summed E-state index contributed by atoms with van der Waals surface area (Å²) >= 11 is 0. The molecule has 1 unspecified atom stereocenters. The van der Waals surface area contributed by atoms with Gasteiger partial charge in [0.25, 0.3) is 10.8 Å². The van der Waals surface area contributed by atoms with Crippen molar-refractivity contribution in [2.75, 3.05) is 0 Å². The quantitative estimate of drug-likeness (QED) is 0.255. The zero-order valence-corrected chi connectivity index (χ0v) is 6.70. The monoisotopic (exact) mass is 210 g/mol. The molecule has 0 heterocycles. The minimum Gasteiger partial charge on any atom is -0.320 e. The lowest BCUT2D eigenvalue weighted by Gasteiger charge is -1.99. The summed E-state index contributed by atoms with van der Waals surface area (Å²) in [5.41, 5.74) is 0. The summed E-state index contributed by atoms with van der Waals surface area (Å²) in [6, 6.07) is 0. The molecule has 0 aliphatic heterocycles. The molecule has 0 spiro atoms. The van der Waals surface area contributed by atoms with Crippen molar-refractivity contribution >= 4 is 0 Å². The van der Waals surface area contributed by atoms with Gasteiger partial charge >= 0.3 is 17.1 Å². The largest absolute Gasteiger partial charge is 0.328 e. The molecule has 0 fully saturated rings. The highest BCUT2D eigenvalue weighted by atomic mass is 35.6. The molecule has 0 aliphatic rings. The molecule has 0 saturated heterocycles. The van der Waals surface area contributed by atoms with Crippen LogP contribution in [0.5, 0.6) is 0 Å². The third-order valence-electron chi connectivity index (χ3n) is 0.422. The Balaban J connectivity index is 3.29. The zero-order valence-electron chi connectivity index (χ0n) is 5.19. The fraction of sp³-hybridized carbons (Fsp3) is 1.00. The summed E-state index contributed by atoms with van der Waals surface area (Å²) in [5.74, 6) is 0. The first kappa shape index (κ1) is 11.3.